The summed E-state index contributed by atoms with van der Waals surface area (Å²) in [6.45, 7) is 1.78. The molecule has 3 rings (SSSR count). The monoisotopic (exact) mass is 460 g/mol. The second-order valence-corrected chi connectivity index (χ2v) is 10.5. The molecular formula is C19H22F2N2O5S2. The van der Waals surface area contributed by atoms with Crippen LogP contribution in [0.3, 0.4) is 0 Å². The van der Waals surface area contributed by atoms with Gasteiger partial charge in [0.2, 0.25) is 20.0 Å². The van der Waals surface area contributed by atoms with E-state index in [1.165, 1.54) is 12.1 Å². The van der Waals surface area contributed by atoms with E-state index < -0.39 is 36.6 Å². The Labute approximate surface area is 175 Å². The molecule has 1 aliphatic heterocycles. The third-order valence-corrected chi connectivity index (χ3v) is 8.51. The molecule has 1 heterocycles. The number of hydrogen-bond donors (Lipinski definition) is 0. The summed E-state index contributed by atoms with van der Waals surface area (Å²) in [7, 11) is -8.27. The average Bonchev–Trinajstić information content (AvgIpc) is 2.72. The third-order valence-electron chi connectivity index (χ3n) is 4.65. The molecule has 11 heteroatoms. The molecule has 0 unspecified atom stereocenters. The molecule has 164 valence electrons. The van der Waals surface area contributed by atoms with Crippen LogP contribution in [0.4, 0.5) is 8.78 Å². The summed E-state index contributed by atoms with van der Waals surface area (Å²) < 4.78 is 86.3. The van der Waals surface area contributed by atoms with Crippen LogP contribution in [0, 0.1) is 11.6 Å². The fourth-order valence-electron chi connectivity index (χ4n) is 3.09. The minimum Gasteiger partial charge on any atom is -0.494 e. The van der Waals surface area contributed by atoms with Gasteiger partial charge in [0, 0.05) is 26.2 Å². The lowest BCUT2D eigenvalue weighted by Crippen LogP contribution is -2.50. The fourth-order valence-corrected chi connectivity index (χ4v) is 6.04. The molecule has 0 radical (unpaired) electrons. The van der Waals surface area contributed by atoms with Gasteiger partial charge >= 0.3 is 0 Å². The van der Waals surface area contributed by atoms with Gasteiger partial charge in [-0.3, -0.25) is 0 Å². The summed E-state index contributed by atoms with van der Waals surface area (Å²) in [6.07, 6.45) is 0.823. The summed E-state index contributed by atoms with van der Waals surface area (Å²) in [5.74, 6) is -1.82. The van der Waals surface area contributed by atoms with Gasteiger partial charge in [0.05, 0.1) is 11.5 Å². The molecule has 2 aromatic rings. The van der Waals surface area contributed by atoms with Crippen molar-refractivity contribution in [3.63, 3.8) is 0 Å². The predicted molar refractivity (Wildman–Crippen MR) is 106 cm³/mol. The van der Waals surface area contributed by atoms with E-state index in [9.17, 15) is 25.6 Å². The topological polar surface area (TPSA) is 84.0 Å². The van der Waals surface area contributed by atoms with Gasteiger partial charge in [0.1, 0.15) is 17.4 Å². The van der Waals surface area contributed by atoms with Crippen LogP contribution in [0.5, 0.6) is 5.75 Å². The Kier molecular flexibility index (Phi) is 6.75. The number of sulfonamides is 2. The Morgan fingerprint density at radius 1 is 0.833 bits per heavy atom. The van der Waals surface area contributed by atoms with Gasteiger partial charge in [-0.05, 0) is 42.8 Å². The average molecular weight is 461 g/mol. The van der Waals surface area contributed by atoms with Crippen molar-refractivity contribution in [2.75, 3.05) is 32.8 Å². The van der Waals surface area contributed by atoms with E-state index in [0.29, 0.717) is 12.4 Å². The normalized spacial score (nSPS) is 16.5. The smallest absolute Gasteiger partial charge is 0.249 e. The summed E-state index contributed by atoms with van der Waals surface area (Å²) in [5.41, 5.74) is 0. The quantitative estimate of drug-likeness (QED) is 0.634. The number of piperazine rings is 1. The summed E-state index contributed by atoms with van der Waals surface area (Å²) in [6, 6.07) is 8.78. The number of halogens is 2. The first-order valence-electron chi connectivity index (χ1n) is 9.35. The first-order valence-corrected chi connectivity index (χ1v) is 12.2. The molecule has 2 aromatic carbocycles. The van der Waals surface area contributed by atoms with Crippen LogP contribution in [0.1, 0.15) is 13.3 Å². The van der Waals surface area contributed by atoms with Crippen LogP contribution in [0.15, 0.2) is 52.3 Å². The van der Waals surface area contributed by atoms with Gasteiger partial charge in [-0.25, -0.2) is 25.6 Å². The zero-order valence-electron chi connectivity index (χ0n) is 16.3. The molecular weight excluding hydrogens is 438 g/mol. The Morgan fingerprint density at radius 2 is 1.33 bits per heavy atom. The number of nitrogens with zero attached hydrogens (tertiary/aromatic N) is 2. The van der Waals surface area contributed by atoms with Crippen LogP contribution in [-0.2, 0) is 20.0 Å². The Morgan fingerprint density at radius 3 is 1.83 bits per heavy atom. The van der Waals surface area contributed by atoms with E-state index in [4.69, 9.17) is 4.74 Å². The van der Waals surface area contributed by atoms with E-state index in [-0.39, 0.29) is 31.1 Å². The van der Waals surface area contributed by atoms with Crippen LogP contribution < -0.4 is 4.74 Å². The lowest BCUT2D eigenvalue weighted by Gasteiger charge is -2.33. The Hall–Kier alpha value is -2.08. The molecule has 1 saturated heterocycles. The molecule has 30 heavy (non-hydrogen) atoms. The molecule has 0 saturated carbocycles. The predicted octanol–water partition coefficient (Wildman–Crippen LogP) is 2.45. The number of hydrogen-bond acceptors (Lipinski definition) is 5. The molecule has 0 spiro atoms. The highest BCUT2D eigenvalue weighted by Crippen LogP contribution is 2.26. The zero-order chi connectivity index (χ0) is 21.9. The van der Waals surface area contributed by atoms with Crippen molar-refractivity contribution in [3.8, 4) is 5.75 Å². The maximum atomic E-state index is 13.9. The molecule has 0 atom stereocenters. The van der Waals surface area contributed by atoms with E-state index in [1.54, 1.807) is 12.1 Å². The maximum Gasteiger partial charge on any atom is 0.249 e. The number of ether oxygens (including phenoxy) is 1. The SMILES string of the molecule is CCCOc1ccc(S(=O)(=O)N2CCN(S(=O)(=O)c3c(F)cccc3F)CC2)cc1. The van der Waals surface area contributed by atoms with E-state index in [1.807, 2.05) is 6.92 Å². The van der Waals surface area contributed by atoms with Crippen molar-refractivity contribution in [2.24, 2.45) is 0 Å². The standard InChI is InChI=1S/C19H22F2N2O5S2/c1-2-14-28-15-6-8-16(9-7-15)29(24,25)22-10-12-23(13-11-22)30(26,27)19-17(20)4-3-5-18(19)21/h3-9H,2,10-14H2,1H3. The van der Waals surface area contributed by atoms with Gasteiger partial charge in [-0.2, -0.15) is 8.61 Å². The molecule has 1 aliphatic rings. The summed E-state index contributed by atoms with van der Waals surface area (Å²) in [5, 5.41) is 0. The molecule has 1 fully saturated rings. The lowest BCUT2D eigenvalue weighted by atomic mass is 10.3. The molecule has 7 nitrogen and oxygen atoms in total. The Balaban J connectivity index is 1.73. The minimum atomic E-state index is -4.43. The molecule has 0 aromatic heterocycles. The van der Waals surface area contributed by atoms with E-state index in [2.05, 4.69) is 0 Å². The Bertz CT molecular complexity index is 1080. The highest BCUT2D eigenvalue weighted by molar-refractivity contribution is 7.89. The summed E-state index contributed by atoms with van der Waals surface area (Å²) >= 11 is 0. The fraction of sp³-hybridized carbons (Fsp3) is 0.368. The highest BCUT2D eigenvalue weighted by atomic mass is 32.2. The zero-order valence-corrected chi connectivity index (χ0v) is 17.9. The van der Waals surface area contributed by atoms with Gasteiger partial charge in [-0.1, -0.05) is 13.0 Å². The summed E-state index contributed by atoms with van der Waals surface area (Å²) in [4.78, 5) is -0.966. The third kappa shape index (κ3) is 4.48. The molecule has 0 amide bonds. The van der Waals surface area contributed by atoms with E-state index in [0.717, 1.165) is 33.2 Å². The van der Waals surface area contributed by atoms with Crippen LogP contribution in [-0.4, -0.2) is 58.2 Å². The number of benzene rings is 2. The van der Waals surface area contributed by atoms with Gasteiger partial charge in [0.25, 0.3) is 0 Å². The second-order valence-electron chi connectivity index (χ2n) is 6.68. The van der Waals surface area contributed by atoms with Gasteiger partial charge in [-0.15, -0.1) is 0 Å². The van der Waals surface area contributed by atoms with Crippen molar-refractivity contribution in [1.29, 1.82) is 0 Å². The first kappa shape index (κ1) is 22.6. The van der Waals surface area contributed by atoms with E-state index >= 15 is 0 Å². The van der Waals surface area contributed by atoms with Gasteiger partial charge in [0.15, 0.2) is 4.90 Å². The van der Waals surface area contributed by atoms with Crippen molar-refractivity contribution in [3.05, 3.63) is 54.1 Å². The number of rotatable bonds is 7. The van der Waals surface area contributed by atoms with Crippen LogP contribution in [0.2, 0.25) is 0 Å². The first-order chi connectivity index (χ1) is 14.2. The van der Waals surface area contributed by atoms with Crippen molar-refractivity contribution >= 4 is 20.0 Å². The lowest BCUT2D eigenvalue weighted by molar-refractivity contribution is 0.271. The van der Waals surface area contributed by atoms with Crippen molar-refractivity contribution in [1.82, 2.24) is 8.61 Å². The van der Waals surface area contributed by atoms with Crippen molar-refractivity contribution < 1.29 is 30.4 Å². The van der Waals surface area contributed by atoms with Crippen LogP contribution in [0.25, 0.3) is 0 Å². The molecule has 0 N–H and O–H groups in total. The van der Waals surface area contributed by atoms with Crippen LogP contribution >= 0.6 is 0 Å². The second kappa shape index (κ2) is 8.96. The molecule has 0 bridgehead atoms. The largest absolute Gasteiger partial charge is 0.494 e. The van der Waals surface area contributed by atoms with Crippen molar-refractivity contribution in [2.45, 2.75) is 23.1 Å². The maximum absolute atomic E-state index is 13.9. The minimum absolute atomic E-state index is 0.0582. The highest BCUT2D eigenvalue weighted by Gasteiger charge is 2.36. The van der Waals surface area contributed by atoms with Gasteiger partial charge < -0.3 is 4.74 Å². The molecule has 0 aliphatic carbocycles.